The average molecular weight is 526 g/mol. The number of benzene rings is 2. The number of carbonyl (C=O) groups is 1. The van der Waals surface area contributed by atoms with Gasteiger partial charge in [-0.05, 0) is 43.7 Å². The van der Waals surface area contributed by atoms with Crippen LogP contribution in [0.1, 0.15) is 68.2 Å². The van der Waals surface area contributed by atoms with E-state index >= 15 is 0 Å². The molecule has 2 aliphatic carbocycles. The normalized spacial score (nSPS) is 18.0. The summed E-state index contributed by atoms with van der Waals surface area (Å²) in [5, 5.41) is 7.66. The van der Waals surface area contributed by atoms with Crippen LogP contribution >= 0.6 is 0 Å². The van der Waals surface area contributed by atoms with Gasteiger partial charge in [0.05, 0.1) is 6.61 Å². The quantitative estimate of drug-likeness (QED) is 0.342. The minimum Gasteiger partial charge on any atom is -0.359 e. The standard InChI is InChI=1S/C31H35N5O3/c1-22-11-6-7-14-25(22)30(15-10-16-30)21-32-28(38)31(17-8-3-9-18-31)39-20-24-19-26(37)36-29(33-24)34-27(35-36)23-12-4-2-5-13-23/h2,4-7,11-14,19H,3,8-10,15-18,20-21H2,1H3,(H,32,38)(H,33,34,35). The van der Waals surface area contributed by atoms with Crippen LogP contribution in [0.4, 0.5) is 0 Å². The van der Waals surface area contributed by atoms with E-state index in [0.717, 1.165) is 37.7 Å². The first kappa shape index (κ1) is 25.5. The molecule has 1 amide bonds. The fourth-order valence-electron chi connectivity index (χ4n) is 6.22. The van der Waals surface area contributed by atoms with Crippen molar-refractivity contribution in [2.24, 2.45) is 0 Å². The van der Waals surface area contributed by atoms with Crippen LogP contribution < -0.4 is 10.9 Å². The highest BCUT2D eigenvalue weighted by atomic mass is 16.5. The Kier molecular flexibility index (Phi) is 6.81. The van der Waals surface area contributed by atoms with Gasteiger partial charge in [0.25, 0.3) is 11.5 Å². The summed E-state index contributed by atoms with van der Waals surface area (Å²) in [6.45, 7) is 2.89. The van der Waals surface area contributed by atoms with E-state index in [2.05, 4.69) is 51.6 Å². The molecule has 2 aliphatic rings. The summed E-state index contributed by atoms with van der Waals surface area (Å²) in [5.74, 6) is 0.787. The second-order valence-electron chi connectivity index (χ2n) is 11.1. The molecule has 0 atom stereocenters. The molecule has 39 heavy (non-hydrogen) atoms. The second kappa shape index (κ2) is 10.4. The number of H-pyrrole nitrogens is 1. The van der Waals surface area contributed by atoms with Gasteiger partial charge in [0.15, 0.2) is 5.82 Å². The summed E-state index contributed by atoms with van der Waals surface area (Å²) < 4.78 is 7.68. The number of carbonyl (C=O) groups excluding carboxylic acids is 1. The van der Waals surface area contributed by atoms with E-state index in [1.54, 1.807) is 0 Å². The van der Waals surface area contributed by atoms with Crippen LogP contribution in [0.3, 0.4) is 0 Å². The topological polar surface area (TPSA) is 101 Å². The molecule has 2 aromatic carbocycles. The molecule has 2 N–H and O–H groups in total. The lowest BCUT2D eigenvalue weighted by Gasteiger charge is -2.44. The summed E-state index contributed by atoms with van der Waals surface area (Å²) >= 11 is 0. The summed E-state index contributed by atoms with van der Waals surface area (Å²) in [6, 6.07) is 19.5. The lowest BCUT2D eigenvalue weighted by Crippen LogP contribution is -2.54. The molecular formula is C31H35N5O3. The summed E-state index contributed by atoms with van der Waals surface area (Å²) in [4.78, 5) is 34.3. The maximum absolute atomic E-state index is 13.7. The maximum Gasteiger partial charge on any atom is 0.275 e. The number of nitrogens with one attached hydrogen (secondary N) is 2. The zero-order valence-electron chi connectivity index (χ0n) is 22.4. The summed E-state index contributed by atoms with van der Waals surface area (Å²) in [5.41, 5.74) is 2.83. The van der Waals surface area contributed by atoms with E-state index in [1.807, 2.05) is 30.3 Å². The number of ether oxygens (including phenoxy) is 1. The molecular weight excluding hydrogens is 490 g/mol. The van der Waals surface area contributed by atoms with Gasteiger partial charge < -0.3 is 15.0 Å². The predicted molar refractivity (Wildman–Crippen MR) is 149 cm³/mol. The van der Waals surface area contributed by atoms with E-state index in [4.69, 9.17) is 4.74 Å². The zero-order chi connectivity index (χ0) is 26.9. The highest BCUT2D eigenvalue weighted by molar-refractivity contribution is 5.85. The van der Waals surface area contributed by atoms with Crippen LogP contribution in [-0.4, -0.2) is 37.6 Å². The molecule has 4 aromatic rings. The third kappa shape index (κ3) is 4.89. The van der Waals surface area contributed by atoms with Crippen molar-refractivity contribution in [2.75, 3.05) is 6.54 Å². The Morgan fingerprint density at radius 3 is 2.46 bits per heavy atom. The van der Waals surface area contributed by atoms with E-state index < -0.39 is 5.60 Å². The number of fused-ring (bicyclic) bond motifs is 1. The van der Waals surface area contributed by atoms with Gasteiger partial charge in [-0.25, -0.2) is 0 Å². The highest BCUT2D eigenvalue weighted by Gasteiger charge is 2.44. The highest BCUT2D eigenvalue weighted by Crippen LogP contribution is 2.44. The van der Waals surface area contributed by atoms with Crippen molar-refractivity contribution >= 4 is 11.7 Å². The SMILES string of the molecule is Cc1ccccc1C1(CNC(=O)C2(OCc3cc(=O)n4nc(-c5ccccc5)nc4[nH]3)CCCCC2)CCC1. The third-order valence-corrected chi connectivity index (χ3v) is 8.61. The molecule has 0 spiro atoms. The van der Waals surface area contributed by atoms with Gasteiger partial charge in [0.1, 0.15) is 5.60 Å². The molecule has 6 rings (SSSR count). The lowest BCUT2D eigenvalue weighted by molar-refractivity contribution is -0.155. The third-order valence-electron chi connectivity index (χ3n) is 8.61. The molecule has 0 radical (unpaired) electrons. The van der Waals surface area contributed by atoms with E-state index in [1.165, 1.54) is 28.1 Å². The van der Waals surface area contributed by atoms with Crippen molar-refractivity contribution in [3.63, 3.8) is 0 Å². The number of aromatic nitrogens is 4. The number of hydrogen-bond donors (Lipinski definition) is 2. The van der Waals surface area contributed by atoms with Crippen LogP contribution in [0.15, 0.2) is 65.5 Å². The van der Waals surface area contributed by atoms with Crippen molar-refractivity contribution < 1.29 is 9.53 Å². The monoisotopic (exact) mass is 525 g/mol. The van der Waals surface area contributed by atoms with E-state index in [-0.39, 0.29) is 23.5 Å². The molecule has 8 heteroatoms. The number of rotatable bonds is 8. The Bertz CT molecular complexity index is 1530. The fourth-order valence-corrected chi connectivity index (χ4v) is 6.22. The Labute approximate surface area is 227 Å². The Morgan fingerprint density at radius 2 is 1.74 bits per heavy atom. The lowest BCUT2D eigenvalue weighted by atomic mass is 9.63. The molecule has 8 nitrogen and oxygen atoms in total. The predicted octanol–water partition coefficient (Wildman–Crippen LogP) is 4.85. The van der Waals surface area contributed by atoms with Gasteiger partial charge in [0.2, 0.25) is 5.78 Å². The van der Waals surface area contributed by atoms with Crippen molar-refractivity contribution in [2.45, 2.75) is 75.9 Å². The molecule has 2 heterocycles. The minimum absolute atomic E-state index is 0.00271. The Morgan fingerprint density at radius 1 is 1.00 bits per heavy atom. The second-order valence-corrected chi connectivity index (χ2v) is 11.1. The van der Waals surface area contributed by atoms with Gasteiger partial charge in [-0.15, -0.1) is 5.10 Å². The van der Waals surface area contributed by atoms with Gasteiger partial charge in [-0.3, -0.25) is 9.59 Å². The number of aryl methyl sites for hydroxylation is 1. The molecule has 2 fully saturated rings. The van der Waals surface area contributed by atoms with Crippen LogP contribution in [-0.2, 0) is 21.6 Å². The van der Waals surface area contributed by atoms with Crippen LogP contribution in [0.2, 0.25) is 0 Å². The minimum atomic E-state index is -0.902. The molecule has 2 aromatic heterocycles. The summed E-state index contributed by atoms with van der Waals surface area (Å²) in [6.07, 6.45) is 7.66. The number of hydrogen-bond acceptors (Lipinski definition) is 5. The van der Waals surface area contributed by atoms with Gasteiger partial charge in [0, 0.05) is 29.3 Å². The van der Waals surface area contributed by atoms with Crippen LogP contribution in [0.5, 0.6) is 0 Å². The van der Waals surface area contributed by atoms with Crippen molar-refractivity contribution in [3.05, 3.63) is 87.8 Å². The fraction of sp³-hybridized carbons (Fsp3) is 0.419. The van der Waals surface area contributed by atoms with Gasteiger partial charge in [-0.1, -0.05) is 80.3 Å². The first-order chi connectivity index (χ1) is 19.0. The molecule has 0 saturated heterocycles. The van der Waals surface area contributed by atoms with Crippen molar-refractivity contribution in [1.29, 1.82) is 0 Å². The number of amides is 1. The van der Waals surface area contributed by atoms with E-state index in [9.17, 15) is 9.59 Å². The van der Waals surface area contributed by atoms with Gasteiger partial charge >= 0.3 is 0 Å². The Hall–Kier alpha value is -3.78. The number of nitrogens with zero attached hydrogens (tertiary/aromatic N) is 3. The van der Waals surface area contributed by atoms with Gasteiger partial charge in [-0.2, -0.15) is 9.50 Å². The summed E-state index contributed by atoms with van der Waals surface area (Å²) in [7, 11) is 0. The van der Waals surface area contributed by atoms with Crippen LogP contribution in [0, 0.1) is 6.92 Å². The van der Waals surface area contributed by atoms with E-state index in [0.29, 0.717) is 36.7 Å². The largest absolute Gasteiger partial charge is 0.359 e. The maximum atomic E-state index is 13.7. The van der Waals surface area contributed by atoms with Crippen molar-refractivity contribution in [1.82, 2.24) is 24.9 Å². The van der Waals surface area contributed by atoms with Crippen LogP contribution in [0.25, 0.3) is 17.2 Å². The average Bonchev–Trinajstić information content (AvgIpc) is 3.38. The molecule has 0 bridgehead atoms. The Balaban J connectivity index is 1.19. The smallest absolute Gasteiger partial charge is 0.275 e. The first-order valence-electron chi connectivity index (χ1n) is 14.0. The molecule has 2 saturated carbocycles. The molecule has 0 unspecified atom stereocenters. The molecule has 0 aliphatic heterocycles. The number of aromatic amines is 1. The zero-order valence-corrected chi connectivity index (χ0v) is 22.4. The first-order valence-corrected chi connectivity index (χ1v) is 14.0. The van der Waals surface area contributed by atoms with Crippen molar-refractivity contribution in [3.8, 4) is 11.4 Å². The molecule has 202 valence electrons.